The van der Waals surface area contributed by atoms with Gasteiger partial charge in [-0.25, -0.2) is 4.39 Å². The molecule has 1 saturated heterocycles. The van der Waals surface area contributed by atoms with E-state index in [2.05, 4.69) is 10.3 Å². The van der Waals surface area contributed by atoms with Crippen molar-refractivity contribution in [1.82, 2.24) is 9.88 Å². The number of nitrogens with one attached hydrogen (secondary N) is 2. The van der Waals surface area contributed by atoms with Gasteiger partial charge in [-0.05, 0) is 60.0 Å². The number of H-pyrrole nitrogens is 1. The van der Waals surface area contributed by atoms with Crippen LogP contribution < -0.4 is 5.32 Å². The fraction of sp³-hybridized carbons (Fsp3) is 0.200. The number of benzene rings is 3. The van der Waals surface area contributed by atoms with Crippen molar-refractivity contribution in [3.63, 3.8) is 0 Å². The quantitative estimate of drug-likeness (QED) is 0.468. The molecule has 32 heavy (non-hydrogen) atoms. The van der Waals surface area contributed by atoms with Crippen LogP contribution in [0.1, 0.15) is 21.5 Å². The summed E-state index contributed by atoms with van der Waals surface area (Å²) in [7, 11) is 0. The van der Waals surface area contributed by atoms with Gasteiger partial charge in [-0.15, -0.1) is 0 Å². The number of hydrogen-bond acceptors (Lipinski definition) is 3. The Kier molecular flexibility index (Phi) is 5.33. The first-order valence-electron chi connectivity index (χ1n) is 10.5. The third-order valence-corrected chi connectivity index (χ3v) is 5.84. The van der Waals surface area contributed by atoms with E-state index < -0.39 is 0 Å². The number of carbonyl (C=O) groups is 2. The molecule has 0 spiro atoms. The molecule has 0 radical (unpaired) electrons. The maximum absolute atomic E-state index is 13.2. The molecule has 0 saturated carbocycles. The average Bonchev–Trinajstić information content (AvgIpc) is 3.18. The summed E-state index contributed by atoms with van der Waals surface area (Å²) in [5, 5.41) is 4.53. The highest BCUT2D eigenvalue weighted by Crippen LogP contribution is 2.34. The Labute approximate surface area is 184 Å². The van der Waals surface area contributed by atoms with Crippen LogP contribution in [-0.4, -0.2) is 48.5 Å². The molecule has 2 heterocycles. The highest BCUT2D eigenvalue weighted by molar-refractivity contribution is 6.16. The highest BCUT2D eigenvalue weighted by Gasteiger charge is 2.20. The van der Waals surface area contributed by atoms with E-state index in [0.29, 0.717) is 50.4 Å². The van der Waals surface area contributed by atoms with Gasteiger partial charge in [0.05, 0.1) is 18.9 Å². The van der Waals surface area contributed by atoms with E-state index >= 15 is 0 Å². The van der Waals surface area contributed by atoms with Crippen molar-refractivity contribution in [3.8, 4) is 0 Å². The maximum Gasteiger partial charge on any atom is 0.254 e. The molecular weight excluding hydrogens is 409 g/mol. The van der Waals surface area contributed by atoms with Crippen LogP contribution in [0.25, 0.3) is 21.8 Å². The third-order valence-electron chi connectivity index (χ3n) is 5.84. The lowest BCUT2D eigenvalue weighted by molar-refractivity contribution is -0.105. The molecule has 2 N–H and O–H groups in total. The van der Waals surface area contributed by atoms with Gasteiger partial charge in [0.15, 0.2) is 0 Å². The summed E-state index contributed by atoms with van der Waals surface area (Å²) < 4.78 is 18.6. The van der Waals surface area contributed by atoms with Gasteiger partial charge in [-0.2, -0.15) is 0 Å². The standard InChI is InChI=1S/C25H22FN3O3/c26-19-4-1-16(2-5-19)11-17-12-22(27-15-30)24-20-14-18(3-6-21(20)28-23(24)13-17)25(31)29-7-9-32-10-8-29/h1-6,12-15,28H,7-11H2,(H,27,30). The molecule has 2 amide bonds. The van der Waals surface area contributed by atoms with Gasteiger partial charge in [0.1, 0.15) is 5.82 Å². The number of aromatic amines is 1. The van der Waals surface area contributed by atoms with E-state index in [1.54, 1.807) is 17.0 Å². The van der Waals surface area contributed by atoms with Gasteiger partial charge in [0, 0.05) is 40.5 Å². The van der Waals surface area contributed by atoms with Crippen LogP contribution in [0.2, 0.25) is 0 Å². The summed E-state index contributed by atoms with van der Waals surface area (Å²) in [5.41, 5.74) is 4.96. The van der Waals surface area contributed by atoms with Gasteiger partial charge in [-0.1, -0.05) is 12.1 Å². The van der Waals surface area contributed by atoms with Crippen LogP contribution in [0.5, 0.6) is 0 Å². The molecular formula is C25H22FN3O3. The van der Waals surface area contributed by atoms with Crippen LogP contribution >= 0.6 is 0 Å². The predicted molar refractivity (Wildman–Crippen MR) is 121 cm³/mol. The topological polar surface area (TPSA) is 74.4 Å². The number of amides is 2. The smallest absolute Gasteiger partial charge is 0.254 e. The molecule has 1 aromatic heterocycles. The summed E-state index contributed by atoms with van der Waals surface area (Å²) in [6.45, 7) is 2.25. The summed E-state index contributed by atoms with van der Waals surface area (Å²) in [6, 6.07) is 15.9. The number of hydrogen-bond donors (Lipinski definition) is 2. The molecule has 0 aliphatic carbocycles. The number of morpholine rings is 1. The van der Waals surface area contributed by atoms with Gasteiger partial charge in [0.2, 0.25) is 6.41 Å². The van der Waals surface area contributed by atoms with E-state index in [9.17, 15) is 14.0 Å². The lowest BCUT2D eigenvalue weighted by Crippen LogP contribution is -2.40. The first kappa shape index (κ1) is 20.2. The number of aromatic nitrogens is 1. The minimum absolute atomic E-state index is 0.0256. The second kappa shape index (κ2) is 8.43. The SMILES string of the molecule is O=CNc1cc(Cc2ccc(F)cc2)cc2[nH]c3ccc(C(=O)N4CCOCC4)cc3c12. The lowest BCUT2D eigenvalue weighted by Gasteiger charge is -2.26. The first-order chi connectivity index (χ1) is 15.6. The van der Waals surface area contributed by atoms with Crippen LogP contribution in [0.4, 0.5) is 10.1 Å². The Morgan fingerprint density at radius 1 is 1.03 bits per heavy atom. The number of halogens is 1. The molecule has 3 aromatic carbocycles. The fourth-order valence-corrected chi connectivity index (χ4v) is 4.30. The maximum atomic E-state index is 13.2. The molecule has 6 nitrogen and oxygen atoms in total. The summed E-state index contributed by atoms with van der Waals surface area (Å²) in [5.74, 6) is -0.298. The fourth-order valence-electron chi connectivity index (χ4n) is 4.30. The molecule has 0 unspecified atom stereocenters. The number of ether oxygens (including phenoxy) is 1. The minimum atomic E-state index is -0.273. The van der Waals surface area contributed by atoms with Gasteiger partial charge in [0.25, 0.3) is 5.91 Å². The van der Waals surface area contributed by atoms with E-state index in [0.717, 1.165) is 32.9 Å². The minimum Gasteiger partial charge on any atom is -0.378 e. The summed E-state index contributed by atoms with van der Waals surface area (Å²) >= 11 is 0. The molecule has 162 valence electrons. The van der Waals surface area contributed by atoms with Gasteiger partial charge in [-0.3, -0.25) is 9.59 Å². The molecule has 7 heteroatoms. The van der Waals surface area contributed by atoms with Crippen molar-refractivity contribution in [2.45, 2.75) is 6.42 Å². The summed E-state index contributed by atoms with van der Waals surface area (Å²) in [6.07, 6.45) is 1.25. The van der Waals surface area contributed by atoms with E-state index in [1.807, 2.05) is 30.3 Å². The largest absolute Gasteiger partial charge is 0.378 e. The van der Waals surface area contributed by atoms with Crippen molar-refractivity contribution >= 4 is 39.8 Å². The number of fused-ring (bicyclic) bond motifs is 3. The van der Waals surface area contributed by atoms with Crippen molar-refractivity contribution in [1.29, 1.82) is 0 Å². The highest BCUT2D eigenvalue weighted by atomic mass is 19.1. The van der Waals surface area contributed by atoms with E-state index in [4.69, 9.17) is 4.74 Å². The second-order valence-corrected chi connectivity index (χ2v) is 7.92. The molecule has 1 fully saturated rings. The third kappa shape index (κ3) is 3.83. The van der Waals surface area contributed by atoms with Crippen molar-refractivity contribution in [2.24, 2.45) is 0 Å². The number of nitrogens with zero attached hydrogens (tertiary/aromatic N) is 1. The van der Waals surface area contributed by atoms with Crippen molar-refractivity contribution in [2.75, 3.05) is 31.6 Å². The second-order valence-electron chi connectivity index (χ2n) is 7.92. The zero-order chi connectivity index (χ0) is 22.1. The number of rotatable bonds is 5. The summed E-state index contributed by atoms with van der Waals surface area (Å²) in [4.78, 5) is 29.5. The Morgan fingerprint density at radius 3 is 2.56 bits per heavy atom. The zero-order valence-corrected chi connectivity index (χ0v) is 17.4. The molecule has 0 atom stereocenters. The molecule has 5 rings (SSSR count). The Morgan fingerprint density at radius 2 is 1.81 bits per heavy atom. The zero-order valence-electron chi connectivity index (χ0n) is 17.4. The average molecular weight is 431 g/mol. The van der Waals surface area contributed by atoms with E-state index in [-0.39, 0.29) is 11.7 Å². The monoisotopic (exact) mass is 431 g/mol. The number of carbonyl (C=O) groups excluding carboxylic acids is 2. The Hall–Kier alpha value is -3.71. The van der Waals surface area contributed by atoms with Crippen LogP contribution in [0.15, 0.2) is 54.6 Å². The molecule has 4 aromatic rings. The molecule has 1 aliphatic rings. The molecule has 1 aliphatic heterocycles. The Balaban J connectivity index is 1.57. The number of anilines is 1. The predicted octanol–water partition coefficient (Wildman–Crippen LogP) is 4.09. The van der Waals surface area contributed by atoms with Gasteiger partial charge < -0.3 is 19.9 Å². The molecule has 0 bridgehead atoms. The van der Waals surface area contributed by atoms with E-state index in [1.165, 1.54) is 12.1 Å². The van der Waals surface area contributed by atoms with Crippen molar-refractivity contribution < 1.29 is 18.7 Å². The lowest BCUT2D eigenvalue weighted by atomic mass is 10.0. The van der Waals surface area contributed by atoms with Crippen LogP contribution in [0.3, 0.4) is 0 Å². The van der Waals surface area contributed by atoms with Gasteiger partial charge >= 0.3 is 0 Å². The van der Waals surface area contributed by atoms with Crippen LogP contribution in [-0.2, 0) is 16.0 Å². The Bertz CT molecular complexity index is 1310. The first-order valence-corrected chi connectivity index (χ1v) is 10.5. The van der Waals surface area contributed by atoms with Crippen LogP contribution in [0, 0.1) is 5.82 Å². The van der Waals surface area contributed by atoms with Crippen molar-refractivity contribution in [3.05, 3.63) is 77.1 Å². The normalized spacial score (nSPS) is 14.1.